The second-order valence-electron chi connectivity index (χ2n) is 6.39. The van der Waals surface area contributed by atoms with E-state index < -0.39 is 5.97 Å². The first kappa shape index (κ1) is 20.1. The van der Waals surface area contributed by atoms with Crippen LogP contribution in [0.1, 0.15) is 29.4 Å². The van der Waals surface area contributed by atoms with Crippen molar-refractivity contribution in [3.05, 3.63) is 70.8 Å². The van der Waals surface area contributed by atoms with E-state index in [0.717, 1.165) is 11.3 Å². The summed E-state index contributed by atoms with van der Waals surface area (Å²) in [5, 5.41) is 13.5. The third kappa shape index (κ3) is 4.43. The number of aromatic nitrogens is 2. The van der Waals surface area contributed by atoms with Gasteiger partial charge in [0.05, 0.1) is 36.0 Å². The topological polar surface area (TPSA) is 77.1 Å². The number of aryl methyl sites for hydroxylation is 1. The van der Waals surface area contributed by atoms with Gasteiger partial charge in [-0.1, -0.05) is 0 Å². The summed E-state index contributed by atoms with van der Waals surface area (Å²) >= 11 is 0. The maximum atomic E-state index is 13.2. The first-order valence-electron chi connectivity index (χ1n) is 9.11. The Morgan fingerprint density at radius 3 is 2.55 bits per heavy atom. The number of rotatable bonds is 6. The number of nitriles is 1. The molecule has 2 aromatic carbocycles. The quantitative estimate of drug-likeness (QED) is 0.466. The van der Waals surface area contributed by atoms with E-state index in [9.17, 15) is 9.18 Å². The third-order valence-electron chi connectivity index (χ3n) is 4.43. The molecule has 0 fully saturated rings. The van der Waals surface area contributed by atoms with Crippen molar-refractivity contribution in [3.63, 3.8) is 0 Å². The summed E-state index contributed by atoms with van der Waals surface area (Å²) in [5.74, 6) is -0.195. The van der Waals surface area contributed by atoms with E-state index in [4.69, 9.17) is 14.7 Å². The molecule has 0 unspecified atom stereocenters. The molecule has 0 aliphatic carbocycles. The zero-order valence-corrected chi connectivity index (χ0v) is 16.4. The second kappa shape index (κ2) is 8.57. The highest BCUT2D eigenvalue weighted by atomic mass is 19.1. The van der Waals surface area contributed by atoms with Gasteiger partial charge in [0.1, 0.15) is 5.82 Å². The average Bonchev–Trinajstić information content (AvgIpc) is 2.98. The molecule has 6 nitrogen and oxygen atoms in total. The molecule has 3 aromatic rings. The summed E-state index contributed by atoms with van der Waals surface area (Å²) in [4.78, 5) is 12.6. The normalized spacial score (nSPS) is 10.4. The van der Waals surface area contributed by atoms with Crippen LogP contribution in [0.25, 0.3) is 5.69 Å². The van der Waals surface area contributed by atoms with Gasteiger partial charge in [0.25, 0.3) is 0 Å². The molecule has 3 rings (SSSR count). The van der Waals surface area contributed by atoms with E-state index in [1.54, 1.807) is 35.9 Å². The highest BCUT2D eigenvalue weighted by molar-refractivity contribution is 5.76. The Bertz CT molecular complexity index is 1080. The summed E-state index contributed by atoms with van der Waals surface area (Å²) in [5.41, 5.74) is 3.33. The van der Waals surface area contributed by atoms with Gasteiger partial charge in [0, 0.05) is 17.3 Å². The Hall–Kier alpha value is -3.66. The number of benzene rings is 2. The number of ether oxygens (including phenoxy) is 2. The second-order valence-corrected chi connectivity index (χ2v) is 6.39. The first-order chi connectivity index (χ1) is 13.9. The predicted octanol–water partition coefficient (Wildman–Crippen LogP) is 4.05. The van der Waals surface area contributed by atoms with Gasteiger partial charge in [-0.15, -0.1) is 0 Å². The highest BCUT2D eigenvalue weighted by Gasteiger charge is 2.18. The van der Waals surface area contributed by atoms with Crippen molar-refractivity contribution in [3.8, 4) is 23.3 Å². The molecular weight excluding hydrogens is 373 g/mol. The van der Waals surface area contributed by atoms with E-state index in [1.807, 2.05) is 19.9 Å². The number of hydrogen-bond donors (Lipinski definition) is 0. The molecule has 29 heavy (non-hydrogen) atoms. The van der Waals surface area contributed by atoms with E-state index in [-0.39, 0.29) is 18.0 Å². The van der Waals surface area contributed by atoms with Crippen molar-refractivity contribution >= 4 is 5.97 Å². The Morgan fingerprint density at radius 1 is 1.17 bits per heavy atom. The van der Waals surface area contributed by atoms with Crippen molar-refractivity contribution < 1.29 is 18.7 Å². The minimum absolute atomic E-state index is 0.0183. The molecule has 0 atom stereocenters. The first-order valence-corrected chi connectivity index (χ1v) is 9.11. The van der Waals surface area contributed by atoms with Gasteiger partial charge < -0.3 is 9.47 Å². The highest BCUT2D eigenvalue weighted by Crippen LogP contribution is 2.29. The van der Waals surface area contributed by atoms with Gasteiger partial charge in [0.2, 0.25) is 0 Å². The fourth-order valence-electron chi connectivity index (χ4n) is 3.00. The largest absolute Gasteiger partial charge is 0.490 e. The zero-order chi connectivity index (χ0) is 21.0. The van der Waals surface area contributed by atoms with Crippen molar-refractivity contribution in [1.82, 2.24) is 9.78 Å². The Morgan fingerprint density at radius 2 is 1.90 bits per heavy atom. The number of esters is 1. The van der Waals surface area contributed by atoms with Gasteiger partial charge in [-0.3, -0.25) is 4.79 Å². The Balaban J connectivity index is 1.81. The van der Waals surface area contributed by atoms with Crippen LogP contribution < -0.4 is 9.47 Å². The van der Waals surface area contributed by atoms with Crippen LogP contribution in [0.2, 0.25) is 0 Å². The summed E-state index contributed by atoms with van der Waals surface area (Å²) in [6.07, 6.45) is 0.0183. The average molecular weight is 393 g/mol. The van der Waals surface area contributed by atoms with Crippen LogP contribution in [0.5, 0.6) is 11.5 Å². The summed E-state index contributed by atoms with van der Waals surface area (Å²) in [6.45, 7) is 5.84. The molecule has 7 heteroatoms. The molecule has 0 saturated carbocycles. The monoisotopic (exact) mass is 393 g/mol. The number of carbonyl (C=O) groups is 1. The van der Waals surface area contributed by atoms with Crippen LogP contribution in [0.4, 0.5) is 4.39 Å². The van der Waals surface area contributed by atoms with Gasteiger partial charge in [-0.25, -0.2) is 9.07 Å². The zero-order valence-electron chi connectivity index (χ0n) is 16.4. The molecule has 0 aliphatic heterocycles. The number of hydrogen-bond acceptors (Lipinski definition) is 5. The summed E-state index contributed by atoms with van der Waals surface area (Å²) in [7, 11) is 0. The van der Waals surface area contributed by atoms with Gasteiger partial charge in [-0.2, -0.15) is 10.4 Å². The molecule has 0 radical (unpaired) electrons. The molecule has 0 bridgehead atoms. The molecule has 0 N–H and O–H groups in total. The predicted molar refractivity (Wildman–Crippen MR) is 105 cm³/mol. The smallest absolute Gasteiger partial charge is 0.315 e. The lowest BCUT2D eigenvalue weighted by Gasteiger charge is -2.11. The van der Waals surface area contributed by atoms with Crippen LogP contribution in [0.15, 0.2) is 42.5 Å². The van der Waals surface area contributed by atoms with Crippen LogP contribution in [-0.4, -0.2) is 22.4 Å². The Kier molecular flexibility index (Phi) is 5.93. The van der Waals surface area contributed by atoms with Crippen LogP contribution in [-0.2, 0) is 11.2 Å². The number of nitrogens with zero attached hydrogens (tertiary/aromatic N) is 3. The van der Waals surface area contributed by atoms with Crippen LogP contribution in [0.3, 0.4) is 0 Å². The minimum Gasteiger partial charge on any atom is -0.490 e. The van der Waals surface area contributed by atoms with Crippen LogP contribution in [0, 0.1) is 31.0 Å². The van der Waals surface area contributed by atoms with Crippen molar-refractivity contribution in [2.24, 2.45) is 0 Å². The molecular formula is C22H20FN3O3. The van der Waals surface area contributed by atoms with Gasteiger partial charge >= 0.3 is 5.97 Å². The molecule has 0 spiro atoms. The van der Waals surface area contributed by atoms with Gasteiger partial charge in [0.15, 0.2) is 11.5 Å². The molecule has 0 saturated heterocycles. The lowest BCUT2D eigenvalue weighted by atomic mass is 10.1. The maximum Gasteiger partial charge on any atom is 0.315 e. The van der Waals surface area contributed by atoms with E-state index in [2.05, 4.69) is 5.10 Å². The SMILES string of the molecule is CCOc1cc(C#N)ccc1OC(=O)Cc1c(C)nn(-c2ccc(F)cc2)c1C. The Labute approximate surface area is 168 Å². The lowest BCUT2D eigenvalue weighted by Crippen LogP contribution is -2.13. The van der Waals surface area contributed by atoms with Crippen molar-refractivity contribution in [2.75, 3.05) is 6.61 Å². The lowest BCUT2D eigenvalue weighted by molar-refractivity contribution is -0.133. The number of halogens is 1. The molecule has 0 aliphatic rings. The van der Waals surface area contributed by atoms with E-state index >= 15 is 0 Å². The molecule has 0 amide bonds. The van der Waals surface area contributed by atoms with E-state index in [1.165, 1.54) is 18.2 Å². The summed E-state index contributed by atoms with van der Waals surface area (Å²) in [6, 6.07) is 12.6. The molecule has 1 heterocycles. The fraction of sp³-hybridized carbons (Fsp3) is 0.227. The van der Waals surface area contributed by atoms with E-state index in [0.29, 0.717) is 29.3 Å². The minimum atomic E-state index is -0.472. The number of carbonyl (C=O) groups excluding carboxylic acids is 1. The van der Waals surface area contributed by atoms with Gasteiger partial charge in [-0.05, 0) is 57.2 Å². The maximum absolute atomic E-state index is 13.2. The third-order valence-corrected chi connectivity index (χ3v) is 4.43. The summed E-state index contributed by atoms with van der Waals surface area (Å²) < 4.78 is 25.8. The fourth-order valence-corrected chi connectivity index (χ4v) is 3.00. The van der Waals surface area contributed by atoms with Crippen molar-refractivity contribution in [2.45, 2.75) is 27.2 Å². The standard InChI is InChI=1S/C22H20FN3O3/c1-4-28-21-11-16(13-24)5-10-20(21)29-22(27)12-19-14(2)25-26(15(19)3)18-8-6-17(23)7-9-18/h5-11H,4,12H2,1-3H3. The molecule has 1 aromatic heterocycles. The van der Waals surface area contributed by atoms with Crippen molar-refractivity contribution in [1.29, 1.82) is 5.26 Å². The molecule has 148 valence electrons. The van der Waals surface area contributed by atoms with Crippen LogP contribution >= 0.6 is 0 Å².